The van der Waals surface area contributed by atoms with E-state index in [0.717, 1.165) is 29.9 Å². The molecule has 32 heavy (non-hydrogen) atoms. The molecular weight excluding hydrogens is 424 g/mol. The molecule has 1 unspecified atom stereocenters. The number of aromatic nitrogens is 2. The van der Waals surface area contributed by atoms with E-state index in [2.05, 4.69) is 31.1 Å². The van der Waals surface area contributed by atoms with Crippen LogP contribution in [0, 0.1) is 5.41 Å². The third-order valence-electron chi connectivity index (χ3n) is 5.18. The van der Waals surface area contributed by atoms with E-state index >= 15 is 0 Å². The van der Waals surface area contributed by atoms with E-state index in [1.54, 1.807) is 12.5 Å². The van der Waals surface area contributed by atoms with Crippen LogP contribution in [0.15, 0.2) is 61.2 Å². The predicted octanol–water partition coefficient (Wildman–Crippen LogP) is 4.83. The molecule has 2 aromatic heterocycles. The number of halogens is 1. The quantitative estimate of drug-likeness (QED) is 0.616. The monoisotopic (exact) mass is 454 g/mol. The van der Waals surface area contributed by atoms with E-state index in [1.807, 2.05) is 58.0 Å². The third-order valence-corrected chi connectivity index (χ3v) is 5.43. The minimum atomic E-state index is -0.0358. The molecule has 4 rings (SSSR count). The van der Waals surface area contributed by atoms with Gasteiger partial charge in [0, 0.05) is 36.8 Å². The number of piperidine rings is 1. The molecule has 0 spiro atoms. The second kappa shape index (κ2) is 10.6. The maximum Gasteiger partial charge on any atom is 0.256 e. The molecule has 3 heterocycles. The Balaban J connectivity index is 0.000000352. The Hall–Kier alpha value is -2.86. The summed E-state index contributed by atoms with van der Waals surface area (Å²) < 4.78 is 1.85. The summed E-state index contributed by atoms with van der Waals surface area (Å²) in [7, 11) is 0. The summed E-state index contributed by atoms with van der Waals surface area (Å²) in [5.74, 6) is 0.0607. The van der Waals surface area contributed by atoms with Crippen LogP contribution in [0.3, 0.4) is 0 Å². The van der Waals surface area contributed by atoms with Crippen molar-refractivity contribution in [3.05, 3.63) is 71.8 Å². The first kappa shape index (κ1) is 23.8. The second-order valence-electron chi connectivity index (χ2n) is 9.30. The lowest BCUT2D eigenvalue weighted by Gasteiger charge is -2.34. The van der Waals surface area contributed by atoms with Gasteiger partial charge >= 0.3 is 0 Å². The number of imidazole rings is 1. The first-order valence-corrected chi connectivity index (χ1v) is 11.3. The largest absolute Gasteiger partial charge is 0.352 e. The van der Waals surface area contributed by atoms with Crippen molar-refractivity contribution in [1.82, 2.24) is 19.6 Å². The van der Waals surface area contributed by atoms with Gasteiger partial charge in [-0.05, 0) is 42.5 Å². The van der Waals surface area contributed by atoms with Gasteiger partial charge in [0.1, 0.15) is 0 Å². The van der Waals surface area contributed by atoms with E-state index in [0.29, 0.717) is 18.5 Å². The lowest BCUT2D eigenvalue weighted by atomic mass is 9.91. The molecule has 1 N–H and O–H groups in total. The van der Waals surface area contributed by atoms with Gasteiger partial charge < -0.3 is 14.6 Å². The zero-order valence-corrected chi connectivity index (χ0v) is 19.7. The predicted molar refractivity (Wildman–Crippen MR) is 128 cm³/mol. The fraction of sp³-hybridized carbons (Fsp3) is 0.400. The summed E-state index contributed by atoms with van der Waals surface area (Å²) in [6.07, 6.45) is 7.58. The lowest BCUT2D eigenvalue weighted by Crippen LogP contribution is -2.50. The number of likely N-dealkylation sites (tertiary alicyclic amines) is 1. The van der Waals surface area contributed by atoms with E-state index < -0.39 is 0 Å². The van der Waals surface area contributed by atoms with Crippen LogP contribution < -0.4 is 5.32 Å². The minimum absolute atomic E-state index is 0.000806. The number of nitrogens with zero attached hydrogens (tertiary/aromatic N) is 3. The third kappa shape index (κ3) is 6.82. The average molecular weight is 455 g/mol. The summed E-state index contributed by atoms with van der Waals surface area (Å²) in [5, 5.41) is 3.89. The molecular formula is C25H31ClN4O2. The number of nitrogens with one attached hydrogen (secondary N) is 1. The highest BCUT2D eigenvalue weighted by molar-refractivity contribution is 6.30. The maximum absolute atomic E-state index is 12.9. The van der Waals surface area contributed by atoms with Gasteiger partial charge in [0.15, 0.2) is 0 Å². The molecule has 1 fully saturated rings. The average Bonchev–Trinajstić information content (AvgIpc) is 3.22. The van der Waals surface area contributed by atoms with Crippen LogP contribution in [-0.2, 0) is 4.79 Å². The topological polar surface area (TPSA) is 66.7 Å². The summed E-state index contributed by atoms with van der Waals surface area (Å²) in [6, 6.07) is 13.2. The molecule has 0 saturated carbocycles. The highest BCUT2D eigenvalue weighted by atomic mass is 35.5. The molecule has 0 radical (unpaired) electrons. The van der Waals surface area contributed by atoms with Gasteiger partial charge in [-0.3, -0.25) is 9.59 Å². The molecule has 7 heteroatoms. The highest BCUT2D eigenvalue weighted by Crippen LogP contribution is 2.20. The lowest BCUT2D eigenvalue weighted by molar-refractivity contribution is -0.123. The number of carbonyl (C=O) groups is 2. The van der Waals surface area contributed by atoms with E-state index in [4.69, 9.17) is 11.6 Å². The van der Waals surface area contributed by atoms with Crippen LogP contribution in [-0.4, -0.2) is 45.2 Å². The van der Waals surface area contributed by atoms with Gasteiger partial charge in [-0.1, -0.05) is 50.6 Å². The van der Waals surface area contributed by atoms with Gasteiger partial charge in [0.2, 0.25) is 5.91 Å². The number of amides is 2. The normalized spacial score (nSPS) is 16.2. The number of benzene rings is 1. The van der Waals surface area contributed by atoms with Crippen molar-refractivity contribution in [2.75, 3.05) is 13.1 Å². The van der Waals surface area contributed by atoms with Crippen molar-refractivity contribution < 1.29 is 9.59 Å². The fourth-order valence-corrected chi connectivity index (χ4v) is 3.90. The minimum Gasteiger partial charge on any atom is -0.352 e. The second-order valence-corrected chi connectivity index (χ2v) is 9.74. The Labute approximate surface area is 194 Å². The molecule has 1 aliphatic heterocycles. The maximum atomic E-state index is 12.9. The Bertz CT molecular complexity index is 1040. The summed E-state index contributed by atoms with van der Waals surface area (Å²) in [4.78, 5) is 31.1. The van der Waals surface area contributed by atoms with Crippen LogP contribution >= 0.6 is 11.6 Å². The summed E-state index contributed by atoms with van der Waals surface area (Å²) in [6.45, 7) is 7.43. The first-order chi connectivity index (χ1) is 15.2. The number of carbonyl (C=O) groups excluding carboxylic acids is 2. The molecule has 3 aromatic rings. The van der Waals surface area contributed by atoms with Gasteiger partial charge in [-0.2, -0.15) is 0 Å². The van der Waals surface area contributed by atoms with Crippen LogP contribution in [0.25, 0.3) is 5.52 Å². The fourth-order valence-electron chi connectivity index (χ4n) is 3.76. The molecule has 1 aromatic carbocycles. The standard InChI is InChI=1S/C19H26N4O2.C6H5Cl/c1-19(2,3)10-17(24)21-14-6-4-8-22(12-14)18(25)15-7-5-9-23-13-20-11-16(15)23;7-6-4-2-1-3-5-6/h5,7,9,11,13-14H,4,6,8,10,12H2,1-3H3,(H,21,24);1-5H. The van der Waals surface area contributed by atoms with E-state index in [1.165, 1.54) is 0 Å². The molecule has 0 aliphatic carbocycles. The van der Waals surface area contributed by atoms with Crippen molar-refractivity contribution in [2.45, 2.75) is 46.1 Å². The molecule has 1 saturated heterocycles. The molecule has 1 atom stereocenters. The Morgan fingerprint density at radius 3 is 2.56 bits per heavy atom. The first-order valence-electron chi connectivity index (χ1n) is 10.9. The molecule has 1 aliphatic rings. The molecule has 0 bridgehead atoms. The van der Waals surface area contributed by atoms with Gasteiger partial charge in [0.25, 0.3) is 5.91 Å². The van der Waals surface area contributed by atoms with Crippen LogP contribution in [0.4, 0.5) is 0 Å². The number of pyridine rings is 1. The summed E-state index contributed by atoms with van der Waals surface area (Å²) >= 11 is 5.54. The van der Waals surface area contributed by atoms with Crippen LogP contribution in [0.5, 0.6) is 0 Å². The molecule has 6 nitrogen and oxygen atoms in total. The van der Waals surface area contributed by atoms with Gasteiger partial charge in [-0.15, -0.1) is 0 Å². The number of rotatable bonds is 3. The van der Waals surface area contributed by atoms with Gasteiger partial charge in [0.05, 0.1) is 23.6 Å². The molecule has 2 amide bonds. The number of hydrogen-bond donors (Lipinski definition) is 1. The van der Waals surface area contributed by atoms with Crippen molar-refractivity contribution in [3.63, 3.8) is 0 Å². The van der Waals surface area contributed by atoms with Crippen molar-refractivity contribution >= 4 is 28.9 Å². The summed E-state index contributed by atoms with van der Waals surface area (Å²) in [5.41, 5.74) is 1.43. The van der Waals surface area contributed by atoms with E-state index in [-0.39, 0.29) is 23.3 Å². The highest BCUT2D eigenvalue weighted by Gasteiger charge is 2.27. The van der Waals surface area contributed by atoms with Crippen molar-refractivity contribution in [3.8, 4) is 0 Å². The zero-order valence-electron chi connectivity index (χ0n) is 18.9. The number of hydrogen-bond acceptors (Lipinski definition) is 3. The van der Waals surface area contributed by atoms with Gasteiger partial charge in [-0.25, -0.2) is 4.98 Å². The smallest absolute Gasteiger partial charge is 0.256 e. The van der Waals surface area contributed by atoms with E-state index in [9.17, 15) is 9.59 Å². The SMILES string of the molecule is CC(C)(C)CC(=O)NC1CCCN(C(=O)c2cccn3cncc23)C1.Clc1ccccc1. The van der Waals surface area contributed by atoms with Crippen molar-refractivity contribution in [2.24, 2.45) is 5.41 Å². The Morgan fingerprint density at radius 2 is 1.91 bits per heavy atom. The van der Waals surface area contributed by atoms with Crippen LogP contribution in [0.1, 0.15) is 50.4 Å². The molecule has 170 valence electrons. The van der Waals surface area contributed by atoms with Crippen molar-refractivity contribution in [1.29, 1.82) is 0 Å². The zero-order chi connectivity index (χ0) is 23.1. The Kier molecular flexibility index (Phi) is 7.91. The Morgan fingerprint density at radius 1 is 1.16 bits per heavy atom. The number of fused-ring (bicyclic) bond motifs is 1. The van der Waals surface area contributed by atoms with Crippen LogP contribution in [0.2, 0.25) is 5.02 Å².